The number of nitrogens with one attached hydrogen (secondary N) is 1. The Kier molecular flexibility index (Phi) is 8.79. The van der Waals surface area contributed by atoms with Crippen molar-refractivity contribution in [3.8, 4) is 0 Å². The van der Waals surface area contributed by atoms with Gasteiger partial charge in [-0.15, -0.1) is 0 Å². The van der Waals surface area contributed by atoms with Crippen LogP contribution in [0, 0.1) is 39.3 Å². The molecule has 0 aromatic heterocycles. The van der Waals surface area contributed by atoms with Gasteiger partial charge in [-0.05, 0) is 105 Å². The summed E-state index contributed by atoms with van der Waals surface area (Å²) in [5, 5.41) is 29.6. The zero-order chi connectivity index (χ0) is 37.6. The molecule has 3 aromatic rings. The lowest BCUT2D eigenvalue weighted by Crippen LogP contribution is -2.67. The predicted octanol–water partition coefficient (Wildman–Crippen LogP) is 8.96. The first-order valence-electron chi connectivity index (χ1n) is 19.5. The predicted molar refractivity (Wildman–Crippen MR) is 207 cm³/mol. The Hall–Kier alpha value is -3.52. The Bertz CT molecular complexity index is 2020. The monoisotopic (exact) mass is 738 g/mol. The molecule has 3 fully saturated rings. The first-order chi connectivity index (χ1) is 25.2. The molecule has 0 heterocycles. The first-order valence-corrected chi connectivity index (χ1v) is 19.9. The van der Waals surface area contributed by atoms with Crippen molar-refractivity contribution in [2.24, 2.45) is 33.5 Å². The molecule has 0 saturated heterocycles. The van der Waals surface area contributed by atoms with Crippen molar-refractivity contribution < 1.29 is 24.2 Å². The van der Waals surface area contributed by atoms with Crippen molar-refractivity contribution in [2.75, 3.05) is 6.54 Å². The summed E-state index contributed by atoms with van der Waals surface area (Å²) in [5.41, 5.74) is -1.35. The Balaban J connectivity index is 1.20. The van der Waals surface area contributed by atoms with Gasteiger partial charge in [0.05, 0.1) is 18.2 Å². The van der Waals surface area contributed by atoms with Gasteiger partial charge in [0, 0.05) is 51.4 Å². The van der Waals surface area contributed by atoms with Gasteiger partial charge >= 0.3 is 6.03 Å². The number of carbonyl (C=O) groups excluding carboxylic acids is 2. The third-order valence-corrected chi connectivity index (χ3v) is 15.2. The highest BCUT2D eigenvalue weighted by molar-refractivity contribution is 6.31. The van der Waals surface area contributed by atoms with E-state index in [-0.39, 0.29) is 58.7 Å². The summed E-state index contributed by atoms with van der Waals surface area (Å²) in [4.78, 5) is 30.6. The molecule has 3 saturated carbocycles. The van der Waals surface area contributed by atoms with Crippen LogP contribution in [0.3, 0.4) is 0 Å². The van der Waals surface area contributed by atoms with Gasteiger partial charge in [-0.3, -0.25) is 4.79 Å². The van der Waals surface area contributed by atoms with Crippen molar-refractivity contribution in [1.29, 1.82) is 0 Å². The van der Waals surface area contributed by atoms with Crippen LogP contribution in [0.25, 0.3) is 10.8 Å². The Morgan fingerprint density at radius 3 is 2.42 bits per heavy atom. The number of allylic oxidation sites excluding steroid dienone is 4. The second-order valence-electron chi connectivity index (χ2n) is 17.7. The van der Waals surface area contributed by atoms with Crippen LogP contribution in [0.2, 0.25) is 5.02 Å². The fraction of sp³-hybridized carbons (Fsp3) is 0.511. The number of carbonyl (C=O) groups is 2. The maximum absolute atomic E-state index is 15.2. The van der Waals surface area contributed by atoms with Gasteiger partial charge < -0.3 is 20.4 Å². The first kappa shape index (κ1) is 36.5. The molecular weight excluding hydrogens is 687 g/mol. The number of hydrogen-bond acceptors (Lipinski definition) is 4. The van der Waals surface area contributed by atoms with Crippen LogP contribution >= 0.6 is 11.6 Å². The van der Waals surface area contributed by atoms with Gasteiger partial charge in [0.1, 0.15) is 5.82 Å². The number of halogens is 2. The summed E-state index contributed by atoms with van der Waals surface area (Å²) in [6, 6.07) is 18.5. The van der Waals surface area contributed by atoms with Crippen LogP contribution in [0.15, 0.2) is 84.5 Å². The Labute approximate surface area is 317 Å². The third-order valence-electron chi connectivity index (χ3n) is 14.8. The molecule has 2 bridgehead atoms. The molecule has 6 aliphatic carbocycles. The highest BCUT2D eigenvalue weighted by Crippen LogP contribution is 2.78. The molecule has 2 amide bonds. The molecule has 6 aliphatic rings. The lowest BCUT2D eigenvalue weighted by molar-refractivity contribution is -0.177. The number of benzene rings is 3. The van der Waals surface area contributed by atoms with E-state index < -0.39 is 33.8 Å². The number of amides is 2. The minimum atomic E-state index is -1.23. The van der Waals surface area contributed by atoms with Crippen molar-refractivity contribution in [2.45, 2.75) is 103 Å². The molecular formula is C45H52ClFN2O4. The van der Waals surface area contributed by atoms with Crippen molar-refractivity contribution in [3.63, 3.8) is 0 Å². The number of aliphatic hydroxyl groups is 2. The zero-order valence-corrected chi connectivity index (χ0v) is 32.1. The smallest absolute Gasteiger partial charge is 0.317 e. The molecule has 0 aliphatic heterocycles. The average molecular weight is 739 g/mol. The molecule has 8 heteroatoms. The second-order valence-corrected chi connectivity index (χ2v) is 18.1. The summed E-state index contributed by atoms with van der Waals surface area (Å²) in [6.45, 7) is 8.90. The SMILES string of the molecule is CC(C)NC(=O)N(Cc1cccc2ccccc12)CC1(O)CCC2C34C=CC5(C=C3C(=O)Cc3c(F)cccc3Cl)CC(O)CCC5(C)C4CCC21C. The van der Waals surface area contributed by atoms with Gasteiger partial charge in [0.2, 0.25) is 0 Å². The molecule has 8 unspecified atom stereocenters. The van der Waals surface area contributed by atoms with Gasteiger partial charge in [-0.25, -0.2) is 9.18 Å². The van der Waals surface area contributed by atoms with Gasteiger partial charge in [0.15, 0.2) is 5.78 Å². The highest BCUT2D eigenvalue weighted by Gasteiger charge is 2.74. The number of hydrogen-bond donors (Lipinski definition) is 3. The molecule has 280 valence electrons. The number of fused-ring (bicyclic) bond motifs is 2. The van der Waals surface area contributed by atoms with Crippen molar-refractivity contribution in [3.05, 3.63) is 106 Å². The fourth-order valence-corrected chi connectivity index (χ4v) is 12.3. The van der Waals surface area contributed by atoms with Crippen LogP contribution < -0.4 is 5.32 Å². The minimum Gasteiger partial charge on any atom is -0.393 e. The van der Waals surface area contributed by atoms with Gasteiger partial charge in [-0.1, -0.05) is 92.2 Å². The number of ketones is 1. The number of Topliss-reactive ketones (excluding diaryl/α,β-unsaturated/α-hetero) is 1. The number of rotatable bonds is 8. The Morgan fingerprint density at radius 2 is 1.64 bits per heavy atom. The Morgan fingerprint density at radius 1 is 0.943 bits per heavy atom. The lowest BCUT2D eigenvalue weighted by Gasteiger charge is -2.71. The van der Waals surface area contributed by atoms with Crippen LogP contribution in [0.1, 0.15) is 83.8 Å². The molecule has 9 rings (SSSR count). The van der Waals surface area contributed by atoms with E-state index in [4.69, 9.17) is 11.6 Å². The van der Waals surface area contributed by atoms with Crippen LogP contribution in [0.5, 0.6) is 0 Å². The molecule has 3 aromatic carbocycles. The normalized spacial score (nSPS) is 35.4. The number of nitrogens with zero attached hydrogens (tertiary/aromatic N) is 1. The standard InChI is InChI=1S/C45H52ClFN2O4/c1-28(2)48-40(52)49(26-30-11-7-10-29-9-5-6-12-32(29)30)27-44(53)20-17-39-42(44,4)19-16-38-41(3)18-15-31(50)24-43(41)21-22-45(38,39)34(25-43)37(51)23-33-35(46)13-8-14-36(33)47/h5-14,21-22,25,28,31,38-39,50,53H,15-20,23-24,26-27H2,1-4H3,(H,48,52). The number of aliphatic hydroxyl groups excluding tert-OH is 1. The van der Waals surface area contributed by atoms with Crippen LogP contribution in [-0.2, 0) is 17.8 Å². The summed E-state index contributed by atoms with van der Waals surface area (Å²) < 4.78 is 15.2. The van der Waals surface area contributed by atoms with E-state index in [2.05, 4.69) is 61.7 Å². The summed E-state index contributed by atoms with van der Waals surface area (Å²) in [6.07, 6.45) is 10.8. The van der Waals surface area contributed by atoms with Crippen LogP contribution in [0.4, 0.5) is 9.18 Å². The lowest BCUT2D eigenvalue weighted by atomic mass is 9.32. The van der Waals surface area contributed by atoms with E-state index in [0.29, 0.717) is 37.8 Å². The van der Waals surface area contributed by atoms with E-state index >= 15 is 4.39 Å². The van der Waals surface area contributed by atoms with Gasteiger partial charge in [-0.2, -0.15) is 0 Å². The average Bonchev–Trinajstić information content (AvgIpc) is 3.39. The van der Waals surface area contributed by atoms with E-state index in [1.807, 2.05) is 32.0 Å². The van der Waals surface area contributed by atoms with Gasteiger partial charge in [0.25, 0.3) is 0 Å². The second kappa shape index (κ2) is 12.8. The summed E-state index contributed by atoms with van der Waals surface area (Å²) in [5.74, 6) is -0.649. The highest BCUT2D eigenvalue weighted by atomic mass is 35.5. The topological polar surface area (TPSA) is 89.9 Å². The summed E-state index contributed by atoms with van der Waals surface area (Å²) in [7, 11) is 0. The maximum Gasteiger partial charge on any atom is 0.317 e. The molecule has 53 heavy (non-hydrogen) atoms. The third kappa shape index (κ3) is 5.38. The van der Waals surface area contributed by atoms with E-state index in [9.17, 15) is 19.8 Å². The molecule has 0 radical (unpaired) electrons. The quantitative estimate of drug-likeness (QED) is 0.201. The van der Waals surface area contributed by atoms with Crippen molar-refractivity contribution in [1.82, 2.24) is 10.2 Å². The number of urea groups is 1. The molecule has 8 atom stereocenters. The largest absolute Gasteiger partial charge is 0.393 e. The van der Waals surface area contributed by atoms with E-state index in [0.717, 1.165) is 35.6 Å². The molecule has 2 spiro atoms. The maximum atomic E-state index is 15.2. The summed E-state index contributed by atoms with van der Waals surface area (Å²) >= 11 is 6.49. The van der Waals surface area contributed by atoms with Crippen LogP contribution in [-0.4, -0.2) is 51.2 Å². The zero-order valence-electron chi connectivity index (χ0n) is 31.3. The minimum absolute atomic E-state index is 0.0836. The van der Waals surface area contributed by atoms with Crippen molar-refractivity contribution >= 4 is 34.2 Å². The fourth-order valence-electron chi connectivity index (χ4n) is 12.1. The van der Waals surface area contributed by atoms with E-state index in [1.54, 1.807) is 17.0 Å². The van der Waals surface area contributed by atoms with E-state index in [1.165, 1.54) is 6.07 Å². The molecule has 6 nitrogen and oxygen atoms in total. The molecule has 3 N–H and O–H groups in total.